The first kappa shape index (κ1) is 12.3. The van der Waals surface area contributed by atoms with Crippen molar-refractivity contribution in [1.29, 1.82) is 0 Å². The summed E-state index contributed by atoms with van der Waals surface area (Å²) >= 11 is 0. The standard InChI is InChI=1S/C13H26N2O/c1-10-3-4-13(10)15-8-11(5-6-16)7-12(9-15)14-2/h10-14,16H,3-9H2,1-2H3. The summed E-state index contributed by atoms with van der Waals surface area (Å²) in [6, 6.07) is 1.44. The zero-order valence-electron chi connectivity index (χ0n) is 10.7. The molecular formula is C13H26N2O. The number of nitrogens with zero attached hydrogens (tertiary/aromatic N) is 1. The lowest BCUT2D eigenvalue weighted by molar-refractivity contribution is 0.0191. The summed E-state index contributed by atoms with van der Waals surface area (Å²) in [5, 5.41) is 12.5. The minimum Gasteiger partial charge on any atom is -0.396 e. The molecule has 94 valence electrons. The Morgan fingerprint density at radius 2 is 2.12 bits per heavy atom. The van der Waals surface area contributed by atoms with Gasteiger partial charge < -0.3 is 10.4 Å². The molecule has 1 heterocycles. The van der Waals surface area contributed by atoms with Crippen LogP contribution < -0.4 is 5.32 Å². The van der Waals surface area contributed by atoms with Crippen molar-refractivity contribution in [2.24, 2.45) is 11.8 Å². The van der Waals surface area contributed by atoms with E-state index < -0.39 is 0 Å². The zero-order chi connectivity index (χ0) is 11.5. The van der Waals surface area contributed by atoms with Gasteiger partial charge in [-0.2, -0.15) is 0 Å². The molecule has 1 aliphatic heterocycles. The minimum absolute atomic E-state index is 0.342. The predicted octanol–water partition coefficient (Wildman–Crippen LogP) is 1.08. The van der Waals surface area contributed by atoms with E-state index in [9.17, 15) is 0 Å². The molecule has 0 radical (unpaired) electrons. The second-order valence-electron chi connectivity index (χ2n) is 5.68. The fourth-order valence-corrected chi connectivity index (χ4v) is 3.30. The molecule has 1 aliphatic carbocycles. The first-order valence-electron chi connectivity index (χ1n) is 6.76. The number of aliphatic hydroxyl groups is 1. The predicted molar refractivity (Wildman–Crippen MR) is 66.4 cm³/mol. The molecule has 3 nitrogen and oxygen atoms in total. The molecule has 2 rings (SSSR count). The second-order valence-corrected chi connectivity index (χ2v) is 5.68. The van der Waals surface area contributed by atoms with Crippen LogP contribution in [-0.4, -0.2) is 48.8 Å². The molecule has 0 aromatic heterocycles. The highest BCUT2D eigenvalue weighted by Gasteiger charge is 2.36. The molecule has 2 aliphatic rings. The van der Waals surface area contributed by atoms with E-state index in [4.69, 9.17) is 5.11 Å². The molecule has 0 aromatic rings. The van der Waals surface area contributed by atoms with Gasteiger partial charge in [0.2, 0.25) is 0 Å². The van der Waals surface area contributed by atoms with Crippen molar-refractivity contribution < 1.29 is 5.11 Å². The highest BCUT2D eigenvalue weighted by atomic mass is 16.3. The van der Waals surface area contributed by atoms with Crippen molar-refractivity contribution in [1.82, 2.24) is 10.2 Å². The Morgan fingerprint density at radius 3 is 2.62 bits per heavy atom. The summed E-state index contributed by atoms with van der Waals surface area (Å²) in [7, 11) is 2.06. The Morgan fingerprint density at radius 1 is 1.31 bits per heavy atom. The van der Waals surface area contributed by atoms with Gasteiger partial charge in [-0.05, 0) is 44.6 Å². The van der Waals surface area contributed by atoms with Crippen molar-refractivity contribution in [2.45, 2.75) is 44.7 Å². The molecule has 2 fully saturated rings. The summed E-state index contributed by atoms with van der Waals surface area (Å²) in [5.41, 5.74) is 0. The summed E-state index contributed by atoms with van der Waals surface area (Å²) in [6.45, 7) is 5.12. The molecule has 0 aromatic carbocycles. The van der Waals surface area contributed by atoms with E-state index in [1.165, 1.54) is 32.4 Å². The van der Waals surface area contributed by atoms with Crippen LogP contribution in [0.3, 0.4) is 0 Å². The number of hydrogen-bond donors (Lipinski definition) is 2. The number of hydrogen-bond acceptors (Lipinski definition) is 3. The van der Waals surface area contributed by atoms with Gasteiger partial charge in [0.25, 0.3) is 0 Å². The van der Waals surface area contributed by atoms with Crippen molar-refractivity contribution >= 4 is 0 Å². The minimum atomic E-state index is 0.342. The number of aliphatic hydroxyl groups excluding tert-OH is 1. The second kappa shape index (κ2) is 5.48. The maximum atomic E-state index is 9.09. The summed E-state index contributed by atoms with van der Waals surface area (Å²) < 4.78 is 0. The Balaban J connectivity index is 1.91. The molecule has 1 saturated carbocycles. The van der Waals surface area contributed by atoms with Crippen LogP contribution in [0, 0.1) is 11.8 Å². The lowest BCUT2D eigenvalue weighted by Crippen LogP contribution is -2.56. The topological polar surface area (TPSA) is 35.5 Å². The van der Waals surface area contributed by atoms with Gasteiger partial charge in [-0.15, -0.1) is 0 Å². The molecule has 2 N–H and O–H groups in total. The number of likely N-dealkylation sites (N-methyl/N-ethyl adjacent to an activating group) is 1. The van der Waals surface area contributed by atoms with Crippen LogP contribution >= 0.6 is 0 Å². The van der Waals surface area contributed by atoms with Crippen LogP contribution in [0.1, 0.15) is 32.6 Å². The van der Waals surface area contributed by atoms with Gasteiger partial charge in [0.1, 0.15) is 0 Å². The highest BCUT2D eigenvalue weighted by Crippen LogP contribution is 2.34. The summed E-state index contributed by atoms with van der Waals surface area (Å²) in [5.74, 6) is 1.56. The molecule has 4 unspecified atom stereocenters. The molecule has 1 saturated heterocycles. The van der Waals surface area contributed by atoms with Crippen LogP contribution in [0.4, 0.5) is 0 Å². The quantitative estimate of drug-likeness (QED) is 0.753. The van der Waals surface area contributed by atoms with E-state index in [0.29, 0.717) is 18.6 Å². The van der Waals surface area contributed by atoms with E-state index in [1.54, 1.807) is 0 Å². The van der Waals surface area contributed by atoms with E-state index in [2.05, 4.69) is 24.2 Å². The van der Waals surface area contributed by atoms with Gasteiger partial charge in [0.05, 0.1) is 0 Å². The van der Waals surface area contributed by atoms with Gasteiger partial charge >= 0.3 is 0 Å². The first-order chi connectivity index (χ1) is 7.74. The Labute approximate surface area is 99.2 Å². The highest BCUT2D eigenvalue weighted by molar-refractivity contribution is 4.92. The third kappa shape index (κ3) is 2.58. The summed E-state index contributed by atoms with van der Waals surface area (Å²) in [6.07, 6.45) is 4.98. The van der Waals surface area contributed by atoms with E-state index in [1.807, 2.05) is 0 Å². The fourth-order valence-electron chi connectivity index (χ4n) is 3.30. The smallest absolute Gasteiger partial charge is 0.0434 e. The number of likely N-dealkylation sites (tertiary alicyclic amines) is 1. The molecule has 0 bridgehead atoms. The number of nitrogens with one attached hydrogen (secondary N) is 1. The monoisotopic (exact) mass is 226 g/mol. The van der Waals surface area contributed by atoms with Gasteiger partial charge in [-0.25, -0.2) is 0 Å². The molecule has 0 spiro atoms. The van der Waals surface area contributed by atoms with Crippen molar-refractivity contribution in [2.75, 3.05) is 26.7 Å². The third-order valence-electron chi connectivity index (χ3n) is 4.55. The van der Waals surface area contributed by atoms with Gasteiger partial charge in [-0.1, -0.05) is 6.92 Å². The van der Waals surface area contributed by atoms with Crippen molar-refractivity contribution in [3.05, 3.63) is 0 Å². The maximum Gasteiger partial charge on any atom is 0.0434 e. The van der Waals surface area contributed by atoms with E-state index in [-0.39, 0.29) is 0 Å². The van der Waals surface area contributed by atoms with Crippen LogP contribution in [0.5, 0.6) is 0 Å². The van der Waals surface area contributed by atoms with Gasteiger partial charge in [-0.3, -0.25) is 4.90 Å². The molecule has 16 heavy (non-hydrogen) atoms. The summed E-state index contributed by atoms with van der Waals surface area (Å²) in [4.78, 5) is 2.67. The zero-order valence-corrected chi connectivity index (χ0v) is 10.7. The molecule has 0 amide bonds. The Hall–Kier alpha value is -0.120. The van der Waals surface area contributed by atoms with E-state index >= 15 is 0 Å². The Kier molecular flexibility index (Phi) is 4.22. The average Bonchev–Trinajstić information content (AvgIpc) is 2.27. The molecular weight excluding hydrogens is 200 g/mol. The Bertz CT molecular complexity index is 222. The molecule has 4 atom stereocenters. The first-order valence-corrected chi connectivity index (χ1v) is 6.76. The van der Waals surface area contributed by atoms with Gasteiger partial charge in [0, 0.05) is 31.8 Å². The lowest BCUT2D eigenvalue weighted by atomic mass is 9.78. The third-order valence-corrected chi connectivity index (χ3v) is 4.55. The number of rotatable bonds is 4. The van der Waals surface area contributed by atoms with Crippen LogP contribution in [0.15, 0.2) is 0 Å². The van der Waals surface area contributed by atoms with Gasteiger partial charge in [0.15, 0.2) is 0 Å². The normalized spacial score (nSPS) is 40.7. The lowest BCUT2D eigenvalue weighted by Gasteiger charge is -2.48. The largest absolute Gasteiger partial charge is 0.396 e. The number of piperidine rings is 1. The van der Waals surface area contributed by atoms with Crippen molar-refractivity contribution in [3.63, 3.8) is 0 Å². The maximum absolute atomic E-state index is 9.09. The fraction of sp³-hybridized carbons (Fsp3) is 1.00. The van der Waals surface area contributed by atoms with Crippen LogP contribution in [0.25, 0.3) is 0 Å². The van der Waals surface area contributed by atoms with Crippen LogP contribution in [-0.2, 0) is 0 Å². The average molecular weight is 226 g/mol. The van der Waals surface area contributed by atoms with Crippen LogP contribution in [0.2, 0.25) is 0 Å². The SMILES string of the molecule is CNC1CC(CCO)CN(C2CCC2C)C1. The van der Waals surface area contributed by atoms with E-state index in [0.717, 1.165) is 18.4 Å². The van der Waals surface area contributed by atoms with Crippen molar-refractivity contribution in [3.8, 4) is 0 Å². The molecule has 3 heteroatoms.